The van der Waals surface area contributed by atoms with Crippen LogP contribution in [-0.4, -0.2) is 27.1 Å². The van der Waals surface area contributed by atoms with Crippen LogP contribution in [0.25, 0.3) is 28.4 Å². The number of carbonyl (C=O) groups excluding carboxylic acids is 1. The zero-order chi connectivity index (χ0) is 21.6. The summed E-state index contributed by atoms with van der Waals surface area (Å²) >= 11 is 0. The van der Waals surface area contributed by atoms with Crippen LogP contribution in [0.4, 0.5) is 0 Å². The first kappa shape index (κ1) is 23.3. The highest BCUT2D eigenvalue weighted by Crippen LogP contribution is 2.32. The van der Waals surface area contributed by atoms with E-state index in [0.717, 1.165) is 33.4 Å². The number of aliphatic hydroxyl groups is 1. The van der Waals surface area contributed by atoms with Gasteiger partial charge in [0.2, 0.25) is 5.91 Å². The van der Waals surface area contributed by atoms with E-state index in [1.165, 1.54) is 0 Å². The molecule has 2 heterocycles. The van der Waals surface area contributed by atoms with Crippen molar-refractivity contribution >= 4 is 35.4 Å². The summed E-state index contributed by atoms with van der Waals surface area (Å²) in [5.41, 5.74) is 4.75. The van der Waals surface area contributed by atoms with Crippen LogP contribution < -0.4 is 5.32 Å². The van der Waals surface area contributed by atoms with Crippen molar-refractivity contribution in [2.45, 2.75) is 12.5 Å². The molecule has 2 aromatic carbocycles. The Morgan fingerprint density at radius 2 is 1.75 bits per heavy atom. The smallest absolute Gasteiger partial charge is 0.244 e. The van der Waals surface area contributed by atoms with E-state index in [0.29, 0.717) is 13.0 Å². The van der Waals surface area contributed by atoms with E-state index in [1.54, 1.807) is 12.3 Å². The van der Waals surface area contributed by atoms with E-state index in [4.69, 9.17) is 0 Å². The fourth-order valence-electron chi connectivity index (χ4n) is 3.79. The molecule has 0 saturated carbocycles. The van der Waals surface area contributed by atoms with Crippen LogP contribution in [0.5, 0.6) is 0 Å². The minimum absolute atomic E-state index is 0. The lowest BCUT2D eigenvalue weighted by molar-refractivity contribution is -0.116. The Kier molecular flexibility index (Phi) is 7.82. The minimum atomic E-state index is -0.598. The predicted octanol–water partition coefficient (Wildman–Crippen LogP) is 4.92. The average Bonchev–Trinajstić information content (AvgIpc) is 3.10. The van der Waals surface area contributed by atoms with Crippen LogP contribution >= 0.6 is 12.4 Å². The van der Waals surface area contributed by atoms with Crippen LogP contribution in [0.3, 0.4) is 0 Å². The fraction of sp³-hybridized carbons (Fsp3) is 0.154. The van der Waals surface area contributed by atoms with Crippen LogP contribution in [0.1, 0.15) is 23.7 Å². The number of nitrogens with one attached hydrogen (secondary N) is 1. The summed E-state index contributed by atoms with van der Waals surface area (Å²) in [6.45, 7) is 0.391. The molecule has 0 spiro atoms. The molecule has 0 aliphatic carbocycles. The average molecular weight is 448 g/mol. The number of fused-ring (bicyclic) bond motifs is 1. The first-order valence-corrected chi connectivity index (χ1v) is 10.3. The monoisotopic (exact) mass is 447 g/mol. The third-order valence-electron chi connectivity index (χ3n) is 5.34. The molecule has 5 nitrogen and oxygen atoms in total. The van der Waals surface area contributed by atoms with Gasteiger partial charge in [-0.25, -0.2) is 4.98 Å². The number of pyridine rings is 1. The number of hydrogen-bond acceptors (Lipinski definition) is 3. The van der Waals surface area contributed by atoms with Crippen molar-refractivity contribution in [3.05, 3.63) is 96.2 Å². The number of halogens is 1. The summed E-state index contributed by atoms with van der Waals surface area (Å²) in [5, 5.41) is 14.1. The summed E-state index contributed by atoms with van der Waals surface area (Å²) in [6.07, 6.45) is 5.02. The van der Waals surface area contributed by atoms with Crippen LogP contribution in [0, 0.1) is 0 Å². The molecule has 0 saturated heterocycles. The molecule has 1 unspecified atom stereocenters. The molecule has 2 N–H and O–H groups in total. The van der Waals surface area contributed by atoms with Crippen molar-refractivity contribution in [3.8, 4) is 11.3 Å². The second kappa shape index (κ2) is 10.8. The highest BCUT2D eigenvalue weighted by molar-refractivity contribution is 6.00. The van der Waals surface area contributed by atoms with E-state index in [9.17, 15) is 9.90 Å². The van der Waals surface area contributed by atoms with Crippen molar-refractivity contribution in [1.29, 1.82) is 0 Å². The Hall–Kier alpha value is -3.41. The molecule has 2 aromatic heterocycles. The topological polar surface area (TPSA) is 67.2 Å². The second-order valence-corrected chi connectivity index (χ2v) is 7.40. The number of rotatable bonds is 7. The molecule has 1 amide bonds. The zero-order valence-corrected chi connectivity index (χ0v) is 18.6. The quantitative estimate of drug-likeness (QED) is 0.395. The molecule has 0 fully saturated rings. The number of aromatic nitrogens is 2. The van der Waals surface area contributed by atoms with Gasteiger partial charge in [0.1, 0.15) is 5.65 Å². The Labute approximate surface area is 193 Å². The van der Waals surface area contributed by atoms with Gasteiger partial charge in [-0.1, -0.05) is 60.7 Å². The second-order valence-electron chi connectivity index (χ2n) is 7.40. The van der Waals surface area contributed by atoms with Gasteiger partial charge in [0.25, 0.3) is 0 Å². The maximum absolute atomic E-state index is 12.4. The van der Waals surface area contributed by atoms with Gasteiger partial charge < -0.3 is 15.0 Å². The molecule has 0 bridgehead atoms. The predicted molar refractivity (Wildman–Crippen MR) is 131 cm³/mol. The first-order valence-electron chi connectivity index (χ1n) is 10.3. The number of aliphatic hydroxyl groups excluding tert-OH is 1. The number of nitrogens with zero attached hydrogens (tertiary/aromatic N) is 2. The standard InChI is InChI=1S/C26H25N3O2.ClH/c1-29-25(20-11-6-3-7-12-20)21(22-13-8-17-28-26(22)29)14-15-24(31)27-18-16-23(30)19-9-4-2-5-10-19;/h2-15,17,23,30H,16,18H2,1H3,(H,27,31);1H/b15-14+;. The zero-order valence-electron chi connectivity index (χ0n) is 17.8. The number of hydrogen-bond donors (Lipinski definition) is 2. The first-order chi connectivity index (χ1) is 15.1. The van der Waals surface area contributed by atoms with Gasteiger partial charge in [0, 0.05) is 36.8 Å². The van der Waals surface area contributed by atoms with E-state index in [2.05, 4.69) is 27.0 Å². The normalized spacial score (nSPS) is 11.9. The minimum Gasteiger partial charge on any atom is -0.388 e. The number of amides is 1. The lowest BCUT2D eigenvalue weighted by Gasteiger charge is -2.10. The third kappa shape index (κ3) is 5.07. The molecule has 4 aromatic rings. The molecule has 164 valence electrons. The Bertz CT molecular complexity index is 1200. The summed E-state index contributed by atoms with van der Waals surface area (Å²) in [5.74, 6) is -0.194. The molecule has 0 radical (unpaired) electrons. The summed E-state index contributed by atoms with van der Waals surface area (Å²) in [6, 6.07) is 23.5. The van der Waals surface area contributed by atoms with E-state index in [1.807, 2.05) is 73.8 Å². The van der Waals surface area contributed by atoms with Gasteiger partial charge in [0.15, 0.2) is 0 Å². The van der Waals surface area contributed by atoms with Crippen molar-refractivity contribution in [3.63, 3.8) is 0 Å². The molecular weight excluding hydrogens is 422 g/mol. The summed E-state index contributed by atoms with van der Waals surface area (Å²) < 4.78 is 2.05. The van der Waals surface area contributed by atoms with Gasteiger partial charge in [-0.3, -0.25) is 4.79 Å². The lowest BCUT2D eigenvalue weighted by Crippen LogP contribution is -2.23. The van der Waals surface area contributed by atoms with Crippen LogP contribution in [-0.2, 0) is 11.8 Å². The number of carbonyl (C=O) groups is 1. The van der Waals surface area contributed by atoms with Gasteiger partial charge in [-0.2, -0.15) is 0 Å². The maximum atomic E-state index is 12.4. The van der Waals surface area contributed by atoms with Crippen LogP contribution in [0.15, 0.2) is 85.1 Å². The molecule has 4 rings (SSSR count). The third-order valence-corrected chi connectivity index (χ3v) is 5.34. The van der Waals surface area contributed by atoms with Crippen LogP contribution in [0.2, 0.25) is 0 Å². The van der Waals surface area contributed by atoms with Gasteiger partial charge in [0.05, 0.1) is 11.8 Å². The molecule has 0 aliphatic rings. The highest BCUT2D eigenvalue weighted by Gasteiger charge is 2.15. The van der Waals surface area contributed by atoms with Gasteiger partial charge >= 0.3 is 0 Å². The van der Waals surface area contributed by atoms with E-state index >= 15 is 0 Å². The van der Waals surface area contributed by atoms with Crippen molar-refractivity contribution in [2.75, 3.05) is 6.54 Å². The SMILES string of the molecule is Cl.Cn1c(-c2ccccc2)c(/C=C/C(=O)NCCC(O)c2ccccc2)c2cccnc21. The number of aryl methyl sites for hydroxylation is 1. The van der Waals surface area contributed by atoms with Crippen molar-refractivity contribution in [2.24, 2.45) is 7.05 Å². The maximum Gasteiger partial charge on any atom is 0.244 e. The Balaban J connectivity index is 0.00000289. The molecular formula is C26H26ClN3O2. The lowest BCUT2D eigenvalue weighted by atomic mass is 10.1. The Morgan fingerprint density at radius 1 is 1.06 bits per heavy atom. The van der Waals surface area contributed by atoms with Gasteiger partial charge in [-0.15, -0.1) is 12.4 Å². The molecule has 6 heteroatoms. The summed E-state index contributed by atoms with van der Waals surface area (Å²) in [4.78, 5) is 16.9. The number of benzene rings is 2. The van der Waals surface area contributed by atoms with E-state index < -0.39 is 6.10 Å². The largest absolute Gasteiger partial charge is 0.388 e. The molecule has 1 atom stereocenters. The van der Waals surface area contributed by atoms with Crippen molar-refractivity contribution < 1.29 is 9.90 Å². The molecule has 32 heavy (non-hydrogen) atoms. The summed E-state index contributed by atoms with van der Waals surface area (Å²) in [7, 11) is 1.99. The van der Waals surface area contributed by atoms with Crippen molar-refractivity contribution in [1.82, 2.24) is 14.9 Å². The Morgan fingerprint density at radius 3 is 2.47 bits per heavy atom. The highest BCUT2D eigenvalue weighted by atomic mass is 35.5. The fourth-order valence-corrected chi connectivity index (χ4v) is 3.79. The van der Waals surface area contributed by atoms with Gasteiger partial charge in [-0.05, 0) is 35.8 Å². The van der Waals surface area contributed by atoms with E-state index in [-0.39, 0.29) is 18.3 Å². The molecule has 0 aliphatic heterocycles.